The van der Waals surface area contributed by atoms with Crippen molar-refractivity contribution in [2.24, 2.45) is 0 Å². The normalized spacial score (nSPS) is 18.5. The van der Waals surface area contributed by atoms with Gasteiger partial charge in [0.2, 0.25) is 11.8 Å². The van der Waals surface area contributed by atoms with Crippen LogP contribution in [0.25, 0.3) is 11.1 Å². The van der Waals surface area contributed by atoms with E-state index in [0.717, 1.165) is 10.6 Å². The summed E-state index contributed by atoms with van der Waals surface area (Å²) < 4.78 is 20.0. The summed E-state index contributed by atoms with van der Waals surface area (Å²) in [5.41, 5.74) is 0.311. The number of aldehydes is 1. The molecule has 7 nitrogen and oxygen atoms in total. The summed E-state index contributed by atoms with van der Waals surface area (Å²) in [5.74, 6) is -2.52. The van der Waals surface area contributed by atoms with Crippen LogP contribution in [-0.4, -0.2) is 22.7 Å². The molecule has 0 saturated carbocycles. The summed E-state index contributed by atoms with van der Waals surface area (Å²) in [4.78, 5) is 45.5. The minimum absolute atomic E-state index is 0.0846. The van der Waals surface area contributed by atoms with Crippen LogP contribution in [0.2, 0.25) is 0 Å². The molecule has 2 heterocycles. The van der Waals surface area contributed by atoms with Gasteiger partial charge in [0, 0.05) is 18.9 Å². The van der Waals surface area contributed by atoms with E-state index in [4.69, 9.17) is 4.42 Å². The molecule has 0 spiro atoms. The number of amides is 2. The highest BCUT2D eigenvalue weighted by Gasteiger charge is 2.31. The van der Waals surface area contributed by atoms with Crippen LogP contribution in [0.15, 0.2) is 21.3 Å². The fourth-order valence-corrected chi connectivity index (χ4v) is 2.57. The highest BCUT2D eigenvalue weighted by Crippen LogP contribution is 2.25. The Morgan fingerprint density at radius 3 is 2.82 bits per heavy atom. The zero-order valence-corrected chi connectivity index (χ0v) is 11.3. The number of hydrogen-bond donors (Lipinski definition) is 1. The molecule has 1 fully saturated rings. The molecular formula is C14H11FN2O5. The summed E-state index contributed by atoms with van der Waals surface area (Å²) in [6.07, 6.45) is 0.618. The average molecular weight is 306 g/mol. The number of nitrogens with zero attached hydrogens (tertiary/aromatic N) is 1. The molecular weight excluding hydrogens is 295 g/mol. The number of carbonyl (C=O) groups excluding carboxylic acids is 3. The minimum Gasteiger partial charge on any atom is -0.408 e. The first-order valence-corrected chi connectivity index (χ1v) is 6.62. The first-order valence-electron chi connectivity index (χ1n) is 6.62. The van der Waals surface area contributed by atoms with E-state index < -0.39 is 29.4 Å². The van der Waals surface area contributed by atoms with Gasteiger partial charge in [-0.2, -0.15) is 0 Å². The first kappa shape index (κ1) is 14.2. The molecule has 2 amide bonds. The molecule has 0 bridgehead atoms. The smallest absolute Gasteiger partial charge is 0.408 e. The maximum atomic E-state index is 14.0. The van der Waals surface area contributed by atoms with E-state index in [2.05, 4.69) is 5.32 Å². The third-order valence-electron chi connectivity index (χ3n) is 3.61. The third-order valence-corrected chi connectivity index (χ3v) is 3.61. The van der Waals surface area contributed by atoms with E-state index in [0.29, 0.717) is 6.29 Å². The second-order valence-corrected chi connectivity index (χ2v) is 4.99. The number of benzene rings is 1. The fourth-order valence-electron chi connectivity index (χ4n) is 2.57. The Morgan fingerprint density at radius 1 is 1.36 bits per heavy atom. The molecule has 8 heteroatoms. The van der Waals surface area contributed by atoms with Crippen LogP contribution in [-0.2, 0) is 20.8 Å². The standard InChI is InChI=1S/C14H11FN2O5/c15-8-6-10-11(5-7(8)3-4-18)22-14(21)17(10)9-1-2-12(19)16-13(9)20/h4-6,9H,1-3H2,(H,16,19,20). The van der Waals surface area contributed by atoms with Gasteiger partial charge in [0.05, 0.1) is 5.52 Å². The van der Waals surface area contributed by atoms with Crippen LogP contribution in [0.4, 0.5) is 4.39 Å². The quantitative estimate of drug-likeness (QED) is 0.656. The number of aromatic nitrogens is 1. The molecule has 3 rings (SSSR count). The predicted molar refractivity (Wildman–Crippen MR) is 71.6 cm³/mol. The SMILES string of the molecule is O=CCc1cc2oc(=O)n(C3CCC(=O)NC3=O)c2cc1F. The van der Waals surface area contributed by atoms with Gasteiger partial charge in [0.1, 0.15) is 18.1 Å². The second kappa shape index (κ2) is 5.21. The molecule has 2 aromatic rings. The Kier molecular flexibility index (Phi) is 3.36. The molecule has 22 heavy (non-hydrogen) atoms. The average Bonchev–Trinajstić information content (AvgIpc) is 2.75. The molecule has 0 radical (unpaired) electrons. The molecule has 1 aromatic carbocycles. The lowest BCUT2D eigenvalue weighted by Gasteiger charge is -2.21. The maximum absolute atomic E-state index is 14.0. The Morgan fingerprint density at radius 2 is 2.14 bits per heavy atom. The Hall–Kier alpha value is -2.77. The molecule has 1 unspecified atom stereocenters. The van der Waals surface area contributed by atoms with Crippen LogP contribution < -0.4 is 11.1 Å². The van der Waals surface area contributed by atoms with E-state index in [9.17, 15) is 23.6 Å². The van der Waals surface area contributed by atoms with Gasteiger partial charge < -0.3 is 9.21 Å². The monoisotopic (exact) mass is 306 g/mol. The van der Waals surface area contributed by atoms with Crippen molar-refractivity contribution in [2.75, 3.05) is 0 Å². The summed E-state index contributed by atoms with van der Waals surface area (Å²) in [5, 5.41) is 2.14. The minimum atomic E-state index is -0.928. The predicted octanol–water partition coefficient (Wildman–Crippen LogP) is 0.453. The molecule has 0 aliphatic carbocycles. The van der Waals surface area contributed by atoms with Gasteiger partial charge in [-0.05, 0) is 18.1 Å². The van der Waals surface area contributed by atoms with E-state index >= 15 is 0 Å². The number of piperidine rings is 1. The number of halogens is 1. The zero-order chi connectivity index (χ0) is 15.9. The van der Waals surface area contributed by atoms with Gasteiger partial charge in [0.25, 0.3) is 0 Å². The van der Waals surface area contributed by atoms with Crippen molar-refractivity contribution in [2.45, 2.75) is 25.3 Å². The maximum Gasteiger partial charge on any atom is 0.420 e. The summed E-state index contributed by atoms with van der Waals surface area (Å²) >= 11 is 0. The van der Waals surface area contributed by atoms with Crippen LogP contribution in [0.5, 0.6) is 0 Å². The first-order chi connectivity index (χ1) is 10.5. The Balaban J connectivity index is 2.14. The van der Waals surface area contributed by atoms with Crippen LogP contribution in [0.3, 0.4) is 0 Å². The lowest BCUT2D eigenvalue weighted by Crippen LogP contribution is -2.43. The van der Waals surface area contributed by atoms with E-state index in [-0.39, 0.29) is 35.9 Å². The summed E-state index contributed by atoms with van der Waals surface area (Å²) in [6, 6.07) is 1.40. The zero-order valence-electron chi connectivity index (χ0n) is 11.3. The molecule has 1 aliphatic heterocycles. The second-order valence-electron chi connectivity index (χ2n) is 4.99. The van der Waals surface area contributed by atoms with Gasteiger partial charge in [-0.25, -0.2) is 9.18 Å². The number of imide groups is 1. The molecule has 1 aromatic heterocycles. The van der Waals surface area contributed by atoms with Gasteiger partial charge in [-0.1, -0.05) is 0 Å². The molecule has 1 aliphatic rings. The molecule has 1 atom stereocenters. The van der Waals surface area contributed by atoms with Crippen LogP contribution in [0.1, 0.15) is 24.4 Å². The summed E-state index contributed by atoms with van der Waals surface area (Å²) in [7, 11) is 0. The van der Waals surface area contributed by atoms with Gasteiger partial charge in [-0.15, -0.1) is 0 Å². The van der Waals surface area contributed by atoms with Crippen LogP contribution in [0, 0.1) is 5.82 Å². The van der Waals surface area contributed by atoms with E-state index in [1.807, 2.05) is 0 Å². The van der Waals surface area contributed by atoms with Crippen molar-refractivity contribution in [3.05, 3.63) is 34.1 Å². The van der Waals surface area contributed by atoms with Crippen molar-refractivity contribution in [1.29, 1.82) is 0 Å². The topological polar surface area (TPSA) is 98.4 Å². The highest BCUT2D eigenvalue weighted by atomic mass is 19.1. The van der Waals surface area contributed by atoms with Gasteiger partial charge in [0.15, 0.2) is 5.58 Å². The lowest BCUT2D eigenvalue weighted by molar-refractivity contribution is -0.135. The lowest BCUT2D eigenvalue weighted by atomic mass is 10.1. The number of nitrogens with one attached hydrogen (secondary N) is 1. The van der Waals surface area contributed by atoms with Gasteiger partial charge in [-0.3, -0.25) is 19.5 Å². The number of hydrogen-bond acceptors (Lipinski definition) is 5. The molecule has 1 N–H and O–H groups in total. The van der Waals surface area contributed by atoms with Crippen molar-refractivity contribution in [3.8, 4) is 0 Å². The molecule has 114 valence electrons. The molecule has 1 saturated heterocycles. The van der Waals surface area contributed by atoms with E-state index in [1.165, 1.54) is 6.07 Å². The Bertz CT molecular complexity index is 851. The number of rotatable bonds is 3. The summed E-state index contributed by atoms with van der Waals surface area (Å²) in [6.45, 7) is 0. The Labute approximate surface area is 122 Å². The fraction of sp³-hybridized carbons (Fsp3) is 0.286. The van der Waals surface area contributed by atoms with Gasteiger partial charge >= 0.3 is 5.76 Å². The van der Waals surface area contributed by atoms with Crippen molar-refractivity contribution < 1.29 is 23.2 Å². The number of carbonyl (C=O) groups is 3. The van der Waals surface area contributed by atoms with Crippen molar-refractivity contribution >= 4 is 29.2 Å². The number of fused-ring (bicyclic) bond motifs is 1. The van der Waals surface area contributed by atoms with Crippen molar-refractivity contribution in [1.82, 2.24) is 9.88 Å². The third kappa shape index (κ3) is 2.22. The van der Waals surface area contributed by atoms with E-state index in [1.54, 1.807) is 0 Å². The largest absolute Gasteiger partial charge is 0.420 e. The highest BCUT2D eigenvalue weighted by molar-refractivity contribution is 6.00. The van der Waals surface area contributed by atoms with Crippen LogP contribution >= 0.6 is 0 Å². The number of oxazole rings is 1. The van der Waals surface area contributed by atoms with Crippen molar-refractivity contribution in [3.63, 3.8) is 0 Å².